The molecule has 328 valence electrons. The number of hydrogen-bond donors (Lipinski definition) is 2. The van der Waals surface area contributed by atoms with Crippen LogP contribution in [-0.2, 0) is 30.7 Å². The number of hydrogen-bond acceptors (Lipinski definition) is 8. The van der Waals surface area contributed by atoms with Crippen molar-refractivity contribution < 1.29 is 37.4 Å². The number of ether oxygens (including phenoxy) is 1. The SMILES string of the molecule is CCCOC(=O)[C@H](C)NP(=O)(Oc1ccccc1)C(F)c1ccc2ccc(C(=O)N[C@H]3CCCC[C@H]4CC[C@@H](C(=O)N5C[C@@H](c6ccn(C)c(=O)c6)CC56CC6)N4C3=O)cc2c1. The number of amides is 3. The van der Waals surface area contributed by atoms with Crippen molar-refractivity contribution in [3.05, 3.63) is 112 Å². The summed E-state index contributed by atoms with van der Waals surface area (Å²) in [4.78, 5) is 71.9. The van der Waals surface area contributed by atoms with Gasteiger partial charge in [0.1, 0.15) is 23.9 Å². The van der Waals surface area contributed by atoms with E-state index < -0.39 is 43.4 Å². The number of carbonyl (C=O) groups is 4. The molecule has 1 aromatic heterocycles. The minimum absolute atomic E-state index is 0.00672. The molecular formula is C47H55FN5O8P. The number of pyridine rings is 1. The molecule has 62 heavy (non-hydrogen) atoms. The standard InChI is InChI=1S/C47H55FN5O8P/c1-4-24-60-46(58)30(2)50-62(59,61-38-11-6-5-7-12-38)42(48)33-16-14-31-15-17-34(26-35(31)25-33)43(55)49-39-13-9-8-10-37-18-19-40(53(37)44(39)56)45(57)52-29-36(28-47(52)21-22-47)32-20-23-51(3)41(54)27-32/h5-7,11-12,14-17,20,23,25-27,30,36-37,39-40,42H,4,8-10,13,18-19,21-22,24,28-29H2,1-3H3,(H,49,55)(H,50,59)/t30-,36-,37-,39-,40-,42?,62?/m0/s1. The summed E-state index contributed by atoms with van der Waals surface area (Å²) in [6.07, 6.45) is 9.01. The van der Waals surface area contributed by atoms with Gasteiger partial charge in [-0.2, -0.15) is 0 Å². The van der Waals surface area contributed by atoms with E-state index in [-0.39, 0.29) is 58.4 Å². The van der Waals surface area contributed by atoms with E-state index in [0.29, 0.717) is 43.0 Å². The Bertz CT molecular complexity index is 2460. The van der Waals surface area contributed by atoms with Crippen LogP contribution in [0.5, 0.6) is 5.75 Å². The summed E-state index contributed by atoms with van der Waals surface area (Å²) in [6.45, 7) is 3.93. The molecular weight excluding hydrogens is 813 g/mol. The van der Waals surface area contributed by atoms with Crippen molar-refractivity contribution in [3.63, 3.8) is 0 Å². The van der Waals surface area contributed by atoms with Crippen molar-refractivity contribution in [2.24, 2.45) is 7.05 Å². The molecule has 1 spiro atoms. The fourth-order valence-corrected chi connectivity index (χ4v) is 11.4. The van der Waals surface area contributed by atoms with Crippen LogP contribution in [0.3, 0.4) is 0 Å². The summed E-state index contributed by atoms with van der Waals surface area (Å²) in [5.41, 5.74) is 0.853. The zero-order chi connectivity index (χ0) is 43.8. The van der Waals surface area contributed by atoms with Crippen molar-refractivity contribution in [2.45, 2.75) is 120 Å². The number of aryl methyl sites for hydroxylation is 1. The second kappa shape index (κ2) is 17.8. The lowest BCUT2D eigenvalue weighted by Gasteiger charge is -2.37. The van der Waals surface area contributed by atoms with Gasteiger partial charge in [0, 0.05) is 48.9 Å². The number of nitrogens with one attached hydrogen (secondary N) is 2. The average Bonchev–Trinajstić information content (AvgIpc) is 3.76. The van der Waals surface area contributed by atoms with E-state index in [0.717, 1.165) is 44.1 Å². The first-order valence-corrected chi connectivity index (χ1v) is 23.6. The molecule has 4 aliphatic rings. The Morgan fingerprint density at radius 1 is 0.935 bits per heavy atom. The number of aromatic nitrogens is 1. The molecule has 3 aromatic carbocycles. The monoisotopic (exact) mass is 867 g/mol. The summed E-state index contributed by atoms with van der Waals surface area (Å²) >= 11 is 0. The molecule has 2 N–H and O–H groups in total. The minimum atomic E-state index is -4.48. The average molecular weight is 868 g/mol. The van der Waals surface area contributed by atoms with E-state index in [4.69, 9.17) is 9.26 Å². The van der Waals surface area contributed by atoms with Gasteiger partial charge in [0.15, 0.2) is 0 Å². The Hall–Kier alpha value is -5.33. The van der Waals surface area contributed by atoms with Crippen LogP contribution < -0.4 is 20.5 Å². The number of carbonyl (C=O) groups excluding carboxylic acids is 4. The fourth-order valence-electron chi connectivity index (χ4n) is 9.54. The second-order valence-corrected chi connectivity index (χ2v) is 19.6. The zero-order valence-corrected chi connectivity index (χ0v) is 36.4. The maximum atomic E-state index is 16.7. The van der Waals surface area contributed by atoms with E-state index in [1.54, 1.807) is 78.8 Å². The molecule has 13 nitrogen and oxygen atoms in total. The fraction of sp³-hybridized carbons (Fsp3) is 0.468. The molecule has 1 aliphatic carbocycles. The quantitative estimate of drug-likeness (QED) is 0.104. The molecule has 0 bridgehead atoms. The number of rotatable bonds is 13. The largest absolute Gasteiger partial charge is 0.465 e. The van der Waals surface area contributed by atoms with E-state index in [9.17, 15) is 28.5 Å². The number of likely N-dealkylation sites (tertiary alicyclic amines) is 1. The summed E-state index contributed by atoms with van der Waals surface area (Å²) in [5.74, 6) is -3.51. The van der Waals surface area contributed by atoms with Crippen molar-refractivity contribution in [3.8, 4) is 5.75 Å². The van der Waals surface area contributed by atoms with Crippen LogP contribution in [0, 0.1) is 0 Å². The molecule has 15 heteroatoms. The van der Waals surface area contributed by atoms with Gasteiger partial charge in [-0.05, 0) is 117 Å². The molecule has 4 aromatic rings. The molecule has 1 saturated carbocycles. The van der Waals surface area contributed by atoms with E-state index in [1.807, 2.05) is 17.9 Å². The van der Waals surface area contributed by atoms with Crippen LogP contribution >= 0.6 is 7.52 Å². The highest BCUT2D eigenvalue weighted by Crippen LogP contribution is 2.58. The summed E-state index contributed by atoms with van der Waals surface area (Å²) < 4.78 is 43.6. The first-order chi connectivity index (χ1) is 29.8. The maximum Gasteiger partial charge on any atom is 0.355 e. The Morgan fingerprint density at radius 3 is 2.44 bits per heavy atom. The van der Waals surface area contributed by atoms with Crippen molar-refractivity contribution >= 4 is 42.0 Å². The Labute approximate surface area is 360 Å². The number of alkyl halides is 1. The highest BCUT2D eigenvalue weighted by molar-refractivity contribution is 7.57. The molecule has 8 rings (SSSR count). The predicted octanol–water partition coefficient (Wildman–Crippen LogP) is 7.29. The number of para-hydroxylation sites is 1. The Morgan fingerprint density at radius 2 is 1.69 bits per heavy atom. The molecule has 3 amide bonds. The van der Waals surface area contributed by atoms with E-state index in [1.165, 1.54) is 23.6 Å². The smallest absolute Gasteiger partial charge is 0.355 e. The van der Waals surface area contributed by atoms with Crippen LogP contribution in [0.15, 0.2) is 89.9 Å². The third kappa shape index (κ3) is 8.81. The Kier molecular flexibility index (Phi) is 12.4. The van der Waals surface area contributed by atoms with Gasteiger partial charge >= 0.3 is 13.5 Å². The van der Waals surface area contributed by atoms with Gasteiger partial charge in [-0.15, -0.1) is 0 Å². The van der Waals surface area contributed by atoms with Gasteiger partial charge in [0.2, 0.25) is 17.7 Å². The minimum Gasteiger partial charge on any atom is -0.465 e. The van der Waals surface area contributed by atoms with Crippen LogP contribution in [-0.4, -0.2) is 80.9 Å². The first kappa shape index (κ1) is 43.3. The van der Waals surface area contributed by atoms with Gasteiger partial charge in [-0.3, -0.25) is 28.5 Å². The Balaban J connectivity index is 0.993. The van der Waals surface area contributed by atoms with Crippen LogP contribution in [0.2, 0.25) is 0 Å². The van der Waals surface area contributed by atoms with Crippen LogP contribution in [0.4, 0.5) is 4.39 Å². The number of esters is 1. The van der Waals surface area contributed by atoms with Crippen molar-refractivity contribution in [1.29, 1.82) is 0 Å². The predicted molar refractivity (Wildman–Crippen MR) is 232 cm³/mol. The number of nitrogens with zero attached hydrogens (tertiary/aromatic N) is 3. The normalized spacial score (nSPS) is 23.8. The summed E-state index contributed by atoms with van der Waals surface area (Å²) in [7, 11) is -2.76. The van der Waals surface area contributed by atoms with Gasteiger partial charge in [-0.1, -0.05) is 56.2 Å². The third-order valence-electron chi connectivity index (χ3n) is 13.1. The lowest BCUT2D eigenvalue weighted by Crippen LogP contribution is -2.57. The molecule has 7 atom stereocenters. The number of fused-ring (bicyclic) bond motifs is 2. The van der Waals surface area contributed by atoms with Gasteiger partial charge in [-0.25, -0.2) is 9.48 Å². The van der Waals surface area contributed by atoms with Crippen molar-refractivity contribution in [1.82, 2.24) is 24.8 Å². The van der Waals surface area contributed by atoms with Crippen LogP contribution in [0.25, 0.3) is 10.8 Å². The van der Waals surface area contributed by atoms with Crippen molar-refractivity contribution in [2.75, 3.05) is 13.2 Å². The van der Waals surface area contributed by atoms with Gasteiger partial charge in [0.05, 0.1) is 6.61 Å². The molecule has 0 radical (unpaired) electrons. The van der Waals surface area contributed by atoms with Crippen LogP contribution in [0.1, 0.15) is 111 Å². The second-order valence-electron chi connectivity index (χ2n) is 17.5. The number of halogens is 1. The maximum absolute atomic E-state index is 16.7. The topological polar surface area (TPSA) is 156 Å². The molecule has 3 aliphatic heterocycles. The highest BCUT2D eigenvalue weighted by atomic mass is 31.2. The first-order valence-electron chi connectivity index (χ1n) is 21.9. The lowest BCUT2D eigenvalue weighted by atomic mass is 9.96. The van der Waals surface area contributed by atoms with E-state index >= 15 is 4.39 Å². The highest BCUT2D eigenvalue weighted by Gasteiger charge is 2.58. The number of benzene rings is 3. The third-order valence-corrected chi connectivity index (χ3v) is 15.2. The molecule has 2 unspecified atom stereocenters. The van der Waals surface area contributed by atoms with Gasteiger partial charge < -0.3 is 28.9 Å². The lowest BCUT2D eigenvalue weighted by molar-refractivity contribution is -0.148. The van der Waals surface area contributed by atoms with Gasteiger partial charge in [0.25, 0.3) is 11.5 Å². The molecule has 4 fully saturated rings. The van der Waals surface area contributed by atoms with E-state index in [2.05, 4.69) is 10.4 Å². The summed E-state index contributed by atoms with van der Waals surface area (Å²) in [5, 5.41) is 6.76. The zero-order valence-electron chi connectivity index (χ0n) is 35.5. The molecule has 4 heterocycles. The molecule has 3 saturated heterocycles. The summed E-state index contributed by atoms with van der Waals surface area (Å²) in [6, 6.07) is 18.6.